The lowest BCUT2D eigenvalue weighted by atomic mass is 9.98. The number of nitrogens with zero attached hydrogens (tertiary/aromatic N) is 6. The smallest absolute Gasteiger partial charge is 0.237 e. The highest BCUT2D eigenvalue weighted by atomic mass is 35.5. The number of hydrogen-bond acceptors (Lipinski definition) is 10. The molecule has 46 heavy (non-hydrogen) atoms. The molecule has 2 aromatic carbocycles. The van der Waals surface area contributed by atoms with Crippen LogP contribution in [0.2, 0.25) is 10.0 Å². The molecule has 1 atom stereocenters. The van der Waals surface area contributed by atoms with Crippen LogP contribution in [0.1, 0.15) is 24.2 Å². The normalized spacial score (nSPS) is 14.6. The van der Waals surface area contributed by atoms with E-state index in [1.54, 1.807) is 26.6 Å². The SMILES string of the molecule is C=C1CC[C@@H](CN(C)Cc2ncc(-c3cccc(-c4cccc(-c5cnc(CN(C)CCO)c(OC)n5)c4Cl)c3Cl)nc2OC)N1. The number of aromatic nitrogens is 4. The molecule has 0 amide bonds. The Morgan fingerprint density at radius 3 is 1.80 bits per heavy atom. The van der Waals surface area contributed by atoms with Crippen LogP contribution >= 0.6 is 23.2 Å². The van der Waals surface area contributed by atoms with Crippen LogP contribution in [0, 0.1) is 0 Å². The maximum absolute atomic E-state index is 9.24. The fourth-order valence-corrected chi connectivity index (χ4v) is 6.24. The van der Waals surface area contributed by atoms with E-state index in [1.165, 1.54) is 0 Å². The summed E-state index contributed by atoms with van der Waals surface area (Å²) < 4.78 is 11.2. The molecule has 0 bridgehead atoms. The molecule has 0 aliphatic carbocycles. The van der Waals surface area contributed by atoms with Gasteiger partial charge in [-0.05, 0) is 26.9 Å². The number of ether oxygens (including phenoxy) is 2. The van der Waals surface area contributed by atoms with E-state index in [0.29, 0.717) is 75.7 Å². The summed E-state index contributed by atoms with van der Waals surface area (Å²) in [6, 6.07) is 11.8. The zero-order chi connectivity index (χ0) is 32.8. The Kier molecular flexibility index (Phi) is 11.1. The summed E-state index contributed by atoms with van der Waals surface area (Å²) in [5, 5.41) is 13.6. The van der Waals surface area contributed by atoms with Crippen LogP contribution in [0.25, 0.3) is 33.6 Å². The van der Waals surface area contributed by atoms with Crippen LogP contribution < -0.4 is 14.8 Å². The first-order valence-corrected chi connectivity index (χ1v) is 15.8. The van der Waals surface area contributed by atoms with Crippen LogP contribution in [-0.4, -0.2) is 88.9 Å². The van der Waals surface area contributed by atoms with Crippen LogP contribution in [-0.2, 0) is 13.1 Å². The monoisotopic (exact) mass is 663 g/mol. The predicted molar refractivity (Wildman–Crippen MR) is 182 cm³/mol. The van der Waals surface area contributed by atoms with Gasteiger partial charge in [0.1, 0.15) is 11.4 Å². The minimum atomic E-state index is 0.0508. The van der Waals surface area contributed by atoms with E-state index >= 15 is 0 Å². The molecule has 2 N–H and O–H groups in total. The largest absolute Gasteiger partial charge is 0.480 e. The van der Waals surface area contributed by atoms with Crippen molar-refractivity contribution in [3.63, 3.8) is 0 Å². The van der Waals surface area contributed by atoms with Crippen molar-refractivity contribution in [2.24, 2.45) is 0 Å². The van der Waals surface area contributed by atoms with Crippen molar-refractivity contribution in [3.8, 4) is 45.4 Å². The highest BCUT2D eigenvalue weighted by molar-refractivity contribution is 6.39. The van der Waals surface area contributed by atoms with Gasteiger partial charge in [-0.3, -0.25) is 19.8 Å². The summed E-state index contributed by atoms with van der Waals surface area (Å²) in [7, 11) is 7.11. The molecule has 0 radical (unpaired) electrons. The summed E-state index contributed by atoms with van der Waals surface area (Å²) in [5.74, 6) is 0.847. The van der Waals surface area contributed by atoms with Crippen molar-refractivity contribution in [3.05, 3.63) is 82.5 Å². The predicted octanol–water partition coefficient (Wildman–Crippen LogP) is 5.71. The highest BCUT2D eigenvalue weighted by Gasteiger charge is 2.22. The van der Waals surface area contributed by atoms with Crippen LogP contribution in [0.5, 0.6) is 11.8 Å². The lowest BCUT2D eigenvalue weighted by molar-refractivity contribution is 0.214. The van der Waals surface area contributed by atoms with E-state index in [-0.39, 0.29) is 6.61 Å². The lowest BCUT2D eigenvalue weighted by Crippen LogP contribution is -2.34. The standard InChI is InChI=1S/C34H39Cl2N7O3/c1-21-12-13-22(39-21)18-43(3)20-30-34(46-5)41-28(17-38-30)26-11-7-9-24(32(26)36)23-8-6-10-25(31(23)35)27-16-37-29(33(40-27)45-4)19-42(2)14-15-44/h6-11,16-17,22,39,44H,1,12-15,18-20H2,2-5H3/t22-/m0/s1. The first-order valence-electron chi connectivity index (χ1n) is 15.0. The van der Waals surface area contributed by atoms with Gasteiger partial charge in [0.25, 0.3) is 0 Å². The van der Waals surface area contributed by atoms with Gasteiger partial charge in [0.15, 0.2) is 0 Å². The molecule has 0 saturated carbocycles. The number of hydrogen-bond donors (Lipinski definition) is 2. The molecule has 4 aromatic rings. The second-order valence-electron chi connectivity index (χ2n) is 11.4. The summed E-state index contributed by atoms with van der Waals surface area (Å²) in [6.45, 7) is 6.52. The molecule has 0 spiro atoms. The van der Waals surface area contributed by atoms with Gasteiger partial charge in [0.05, 0.1) is 54.7 Å². The van der Waals surface area contributed by atoms with E-state index in [0.717, 1.165) is 41.9 Å². The number of methoxy groups -OCH3 is 2. The number of halogens is 2. The number of aliphatic hydroxyl groups excluding tert-OH is 1. The number of likely N-dealkylation sites (N-methyl/N-ethyl adjacent to an activating group) is 2. The first-order chi connectivity index (χ1) is 22.2. The Balaban J connectivity index is 1.42. The average Bonchev–Trinajstić information content (AvgIpc) is 3.46. The molecule has 10 nitrogen and oxygen atoms in total. The summed E-state index contributed by atoms with van der Waals surface area (Å²) in [6.07, 6.45) is 5.48. The second-order valence-corrected chi connectivity index (χ2v) is 12.2. The molecule has 1 aliphatic heterocycles. The van der Waals surface area contributed by atoms with Gasteiger partial charge in [-0.15, -0.1) is 0 Å². The van der Waals surface area contributed by atoms with E-state index in [9.17, 15) is 5.11 Å². The summed E-state index contributed by atoms with van der Waals surface area (Å²) in [5.41, 5.74) is 6.53. The molecular weight excluding hydrogens is 625 g/mol. The minimum Gasteiger partial charge on any atom is -0.480 e. The number of aliphatic hydroxyl groups is 1. The van der Waals surface area contributed by atoms with E-state index in [2.05, 4.69) is 28.8 Å². The second kappa shape index (κ2) is 15.2. The summed E-state index contributed by atoms with van der Waals surface area (Å²) >= 11 is 14.1. The highest BCUT2D eigenvalue weighted by Crippen LogP contribution is 2.42. The fourth-order valence-electron chi connectivity index (χ4n) is 5.59. The van der Waals surface area contributed by atoms with Crippen molar-refractivity contribution in [2.45, 2.75) is 32.0 Å². The quantitative estimate of drug-likeness (QED) is 0.185. The molecule has 1 saturated heterocycles. The molecule has 242 valence electrons. The zero-order valence-electron chi connectivity index (χ0n) is 26.6. The number of nitrogens with one attached hydrogen (secondary N) is 1. The maximum Gasteiger partial charge on any atom is 0.237 e. The van der Waals surface area contributed by atoms with Crippen molar-refractivity contribution < 1.29 is 14.6 Å². The van der Waals surface area contributed by atoms with Gasteiger partial charge in [0, 0.05) is 60.2 Å². The molecule has 2 aromatic heterocycles. The molecule has 12 heteroatoms. The molecular formula is C34H39Cl2N7O3. The minimum absolute atomic E-state index is 0.0508. The van der Waals surface area contributed by atoms with Gasteiger partial charge in [-0.1, -0.05) is 66.2 Å². The van der Waals surface area contributed by atoms with E-state index < -0.39 is 0 Å². The molecule has 5 rings (SSSR count). The Morgan fingerprint density at radius 1 is 0.848 bits per heavy atom. The van der Waals surface area contributed by atoms with Crippen LogP contribution in [0.3, 0.4) is 0 Å². The topological polar surface area (TPSA) is 109 Å². The molecule has 3 heterocycles. The van der Waals surface area contributed by atoms with E-state index in [1.807, 2.05) is 48.3 Å². The zero-order valence-corrected chi connectivity index (χ0v) is 28.1. The fraction of sp³-hybridized carbons (Fsp3) is 0.353. The van der Waals surface area contributed by atoms with Crippen molar-refractivity contribution >= 4 is 23.2 Å². The van der Waals surface area contributed by atoms with E-state index in [4.69, 9.17) is 47.6 Å². The third-order valence-electron chi connectivity index (χ3n) is 7.91. The number of benzene rings is 2. The molecule has 1 aliphatic rings. The lowest BCUT2D eigenvalue weighted by Gasteiger charge is -2.21. The van der Waals surface area contributed by atoms with Gasteiger partial charge in [0.2, 0.25) is 11.8 Å². The summed E-state index contributed by atoms with van der Waals surface area (Å²) in [4.78, 5) is 23.0. The molecule has 1 fully saturated rings. The molecule has 0 unspecified atom stereocenters. The first kappa shape index (κ1) is 33.6. The van der Waals surface area contributed by atoms with Crippen LogP contribution in [0.15, 0.2) is 61.1 Å². The number of allylic oxidation sites excluding steroid dienone is 1. The van der Waals surface area contributed by atoms with Gasteiger partial charge in [-0.2, -0.15) is 0 Å². The maximum atomic E-state index is 9.24. The number of rotatable bonds is 13. The van der Waals surface area contributed by atoms with Crippen molar-refractivity contribution in [2.75, 3.05) is 48.0 Å². The van der Waals surface area contributed by atoms with Crippen LogP contribution in [0.4, 0.5) is 0 Å². The Morgan fingerprint density at radius 2 is 1.35 bits per heavy atom. The van der Waals surface area contributed by atoms with Gasteiger partial charge < -0.3 is 19.9 Å². The Hall–Kier alpha value is -3.80. The van der Waals surface area contributed by atoms with Crippen molar-refractivity contribution in [1.82, 2.24) is 35.1 Å². The van der Waals surface area contributed by atoms with Crippen molar-refractivity contribution in [1.29, 1.82) is 0 Å². The van der Waals surface area contributed by atoms with Gasteiger partial charge >= 0.3 is 0 Å². The average molecular weight is 665 g/mol. The third kappa shape index (κ3) is 7.59. The third-order valence-corrected chi connectivity index (χ3v) is 8.72. The van der Waals surface area contributed by atoms with Gasteiger partial charge in [-0.25, -0.2) is 9.97 Å². The Bertz CT molecular complexity index is 1700. The Labute approximate surface area is 280 Å².